The van der Waals surface area contributed by atoms with Gasteiger partial charge in [-0.2, -0.15) is 0 Å². The van der Waals surface area contributed by atoms with Crippen LogP contribution in [0.2, 0.25) is 0 Å². The standard InChI is InChI=1S/C13H24ClN3S/c1-11(2)9-17(8-7-16(3)4)13-15-12(5-6-14)10-18-13/h10-11H,5-9H2,1-4H3. The number of thiazole rings is 1. The fraction of sp³-hybridized carbons (Fsp3) is 0.769. The third-order valence-corrected chi connectivity index (χ3v) is 3.70. The molecule has 1 heterocycles. The summed E-state index contributed by atoms with van der Waals surface area (Å²) in [4.78, 5) is 9.26. The van der Waals surface area contributed by atoms with Crippen molar-refractivity contribution in [2.24, 2.45) is 5.92 Å². The van der Waals surface area contributed by atoms with Crippen LogP contribution in [-0.2, 0) is 6.42 Å². The molecular weight excluding hydrogens is 266 g/mol. The summed E-state index contributed by atoms with van der Waals surface area (Å²) >= 11 is 7.49. The van der Waals surface area contributed by atoms with Gasteiger partial charge in [-0.1, -0.05) is 13.8 Å². The molecule has 0 aliphatic carbocycles. The zero-order chi connectivity index (χ0) is 13.5. The van der Waals surface area contributed by atoms with Crippen LogP contribution in [0.15, 0.2) is 5.38 Å². The van der Waals surface area contributed by atoms with E-state index < -0.39 is 0 Å². The molecule has 0 radical (unpaired) electrons. The molecule has 1 aromatic rings. The number of rotatable bonds is 8. The fourth-order valence-electron chi connectivity index (χ4n) is 1.68. The molecule has 1 rings (SSSR count). The van der Waals surface area contributed by atoms with Gasteiger partial charge in [-0.15, -0.1) is 22.9 Å². The Hall–Kier alpha value is -0.320. The number of halogens is 1. The van der Waals surface area contributed by atoms with Crippen molar-refractivity contribution < 1.29 is 0 Å². The number of alkyl halides is 1. The summed E-state index contributed by atoms with van der Waals surface area (Å²) in [5.74, 6) is 1.29. The first-order valence-electron chi connectivity index (χ1n) is 6.43. The van der Waals surface area contributed by atoms with Gasteiger partial charge in [0.25, 0.3) is 0 Å². The number of aromatic nitrogens is 1. The highest BCUT2D eigenvalue weighted by atomic mass is 35.5. The number of nitrogens with zero attached hydrogens (tertiary/aromatic N) is 3. The molecule has 0 saturated carbocycles. The Morgan fingerprint density at radius 1 is 1.33 bits per heavy atom. The van der Waals surface area contributed by atoms with Crippen molar-refractivity contribution >= 4 is 28.1 Å². The molecule has 0 bridgehead atoms. The second-order valence-electron chi connectivity index (χ2n) is 5.20. The van der Waals surface area contributed by atoms with E-state index in [0.29, 0.717) is 11.8 Å². The lowest BCUT2D eigenvalue weighted by molar-refractivity contribution is 0.409. The maximum Gasteiger partial charge on any atom is 0.185 e. The van der Waals surface area contributed by atoms with Crippen molar-refractivity contribution in [2.75, 3.05) is 44.5 Å². The van der Waals surface area contributed by atoms with E-state index in [9.17, 15) is 0 Å². The third kappa shape index (κ3) is 5.55. The van der Waals surface area contributed by atoms with Gasteiger partial charge in [0, 0.05) is 37.3 Å². The van der Waals surface area contributed by atoms with Crippen molar-refractivity contribution in [1.82, 2.24) is 9.88 Å². The molecule has 0 fully saturated rings. The van der Waals surface area contributed by atoms with E-state index in [1.54, 1.807) is 11.3 Å². The molecule has 0 aromatic carbocycles. The van der Waals surface area contributed by atoms with Crippen molar-refractivity contribution in [1.29, 1.82) is 0 Å². The van der Waals surface area contributed by atoms with Crippen molar-refractivity contribution in [3.8, 4) is 0 Å². The van der Waals surface area contributed by atoms with Crippen LogP contribution in [0.3, 0.4) is 0 Å². The molecule has 0 amide bonds. The lowest BCUT2D eigenvalue weighted by Gasteiger charge is -2.25. The number of anilines is 1. The minimum Gasteiger partial charge on any atom is -0.347 e. The van der Waals surface area contributed by atoms with Gasteiger partial charge in [-0.25, -0.2) is 4.98 Å². The Labute approximate surface area is 120 Å². The average molecular weight is 290 g/mol. The summed E-state index contributed by atoms with van der Waals surface area (Å²) in [6, 6.07) is 0. The lowest BCUT2D eigenvalue weighted by atomic mass is 10.2. The minimum atomic E-state index is 0.644. The molecule has 5 heteroatoms. The van der Waals surface area contributed by atoms with Gasteiger partial charge in [0.1, 0.15) is 0 Å². The van der Waals surface area contributed by atoms with Crippen molar-refractivity contribution in [3.63, 3.8) is 0 Å². The number of likely N-dealkylation sites (N-methyl/N-ethyl adjacent to an activating group) is 1. The molecule has 3 nitrogen and oxygen atoms in total. The molecule has 0 aliphatic heterocycles. The Kier molecular flexibility index (Phi) is 6.97. The summed E-state index contributed by atoms with van der Waals surface area (Å²) < 4.78 is 0. The number of hydrogen-bond donors (Lipinski definition) is 0. The first-order chi connectivity index (χ1) is 8.52. The molecule has 0 spiro atoms. The smallest absolute Gasteiger partial charge is 0.185 e. The van der Waals surface area contributed by atoms with E-state index in [-0.39, 0.29) is 0 Å². The molecule has 1 aromatic heterocycles. The van der Waals surface area contributed by atoms with Gasteiger partial charge in [0.15, 0.2) is 5.13 Å². The predicted octanol–water partition coefficient (Wildman–Crippen LogP) is 2.95. The monoisotopic (exact) mass is 289 g/mol. The van der Waals surface area contributed by atoms with E-state index in [1.165, 1.54) is 0 Å². The normalized spacial score (nSPS) is 11.5. The predicted molar refractivity (Wildman–Crippen MR) is 82.1 cm³/mol. The summed E-state index contributed by atoms with van der Waals surface area (Å²) in [6.45, 7) is 7.63. The fourth-order valence-corrected chi connectivity index (χ4v) is 2.77. The molecule has 0 atom stereocenters. The Morgan fingerprint density at radius 2 is 2.06 bits per heavy atom. The van der Waals surface area contributed by atoms with E-state index in [1.807, 2.05) is 0 Å². The van der Waals surface area contributed by atoms with Crippen LogP contribution in [-0.4, -0.2) is 49.5 Å². The highest BCUT2D eigenvalue weighted by Crippen LogP contribution is 2.22. The number of hydrogen-bond acceptors (Lipinski definition) is 4. The maximum atomic E-state index is 5.76. The quantitative estimate of drug-likeness (QED) is 0.686. The van der Waals surface area contributed by atoms with Gasteiger partial charge in [-0.05, 0) is 20.0 Å². The third-order valence-electron chi connectivity index (χ3n) is 2.56. The van der Waals surface area contributed by atoms with Crippen LogP contribution in [0.4, 0.5) is 5.13 Å². The number of aryl methyl sites for hydroxylation is 1. The van der Waals surface area contributed by atoms with Crippen molar-refractivity contribution in [3.05, 3.63) is 11.1 Å². The average Bonchev–Trinajstić information content (AvgIpc) is 2.72. The van der Waals surface area contributed by atoms with Crippen LogP contribution in [0.25, 0.3) is 0 Å². The first kappa shape index (κ1) is 15.7. The van der Waals surface area contributed by atoms with Crippen LogP contribution in [0.1, 0.15) is 19.5 Å². The van der Waals surface area contributed by atoms with E-state index >= 15 is 0 Å². The maximum absolute atomic E-state index is 5.76. The van der Waals surface area contributed by atoms with Gasteiger partial charge in [-0.3, -0.25) is 0 Å². The Balaban J connectivity index is 2.67. The molecule has 104 valence electrons. The summed E-state index contributed by atoms with van der Waals surface area (Å²) in [7, 11) is 4.21. The summed E-state index contributed by atoms with van der Waals surface area (Å²) in [5, 5.41) is 3.26. The Bertz CT molecular complexity index is 339. The van der Waals surface area contributed by atoms with Gasteiger partial charge < -0.3 is 9.80 Å². The molecule has 18 heavy (non-hydrogen) atoms. The zero-order valence-corrected chi connectivity index (χ0v) is 13.4. The summed E-state index contributed by atoms with van der Waals surface area (Å²) in [5.41, 5.74) is 1.11. The largest absolute Gasteiger partial charge is 0.347 e. The van der Waals surface area contributed by atoms with Gasteiger partial charge in [0.2, 0.25) is 0 Å². The first-order valence-corrected chi connectivity index (χ1v) is 7.84. The highest BCUT2D eigenvalue weighted by molar-refractivity contribution is 7.13. The second-order valence-corrected chi connectivity index (χ2v) is 6.42. The van der Waals surface area contributed by atoms with Gasteiger partial charge >= 0.3 is 0 Å². The second kappa shape index (κ2) is 7.97. The lowest BCUT2D eigenvalue weighted by Crippen LogP contribution is -2.34. The van der Waals surface area contributed by atoms with Crippen LogP contribution in [0.5, 0.6) is 0 Å². The molecule has 0 N–H and O–H groups in total. The van der Waals surface area contributed by atoms with E-state index in [4.69, 9.17) is 11.6 Å². The van der Waals surface area contributed by atoms with Crippen LogP contribution >= 0.6 is 22.9 Å². The molecule has 0 unspecified atom stereocenters. The van der Waals surface area contributed by atoms with Crippen LogP contribution < -0.4 is 4.90 Å². The molecular formula is C13H24ClN3S. The topological polar surface area (TPSA) is 19.4 Å². The van der Waals surface area contributed by atoms with E-state index in [0.717, 1.165) is 36.9 Å². The van der Waals surface area contributed by atoms with Gasteiger partial charge in [0.05, 0.1) is 5.69 Å². The molecule has 0 saturated heterocycles. The zero-order valence-electron chi connectivity index (χ0n) is 11.8. The minimum absolute atomic E-state index is 0.644. The van der Waals surface area contributed by atoms with Crippen molar-refractivity contribution in [2.45, 2.75) is 20.3 Å². The SMILES string of the molecule is CC(C)CN(CCN(C)C)c1nc(CCCl)cs1. The Morgan fingerprint density at radius 3 is 2.61 bits per heavy atom. The summed E-state index contributed by atoms with van der Waals surface area (Å²) in [6.07, 6.45) is 0.862. The molecule has 0 aliphatic rings. The van der Waals surface area contributed by atoms with Crippen LogP contribution in [0, 0.1) is 5.92 Å². The van der Waals surface area contributed by atoms with E-state index in [2.05, 4.69) is 48.1 Å². The highest BCUT2D eigenvalue weighted by Gasteiger charge is 2.12.